The van der Waals surface area contributed by atoms with E-state index in [2.05, 4.69) is 42.2 Å². The Morgan fingerprint density at radius 3 is 2.02 bits per heavy atom. The third-order valence-electron chi connectivity index (χ3n) is 8.95. The van der Waals surface area contributed by atoms with Gasteiger partial charge < -0.3 is 59.5 Å². The van der Waals surface area contributed by atoms with Crippen LogP contribution in [-0.2, 0) is 40.1 Å². The Morgan fingerprint density at radius 1 is 0.789 bits per heavy atom. The number of hydrogen-bond acceptors (Lipinski definition) is 10. The lowest BCUT2D eigenvalue weighted by molar-refractivity contribution is -0.142. The van der Waals surface area contributed by atoms with Crippen molar-refractivity contribution in [3.05, 3.63) is 34.9 Å². The molecule has 20 heteroatoms. The quantitative estimate of drug-likeness (QED) is 0.0288. The van der Waals surface area contributed by atoms with E-state index >= 15 is 0 Å². The van der Waals surface area contributed by atoms with Gasteiger partial charge in [-0.1, -0.05) is 57.8 Å². The van der Waals surface area contributed by atoms with E-state index in [0.717, 1.165) is 5.56 Å². The Hall–Kier alpha value is -5.01. The molecule has 0 saturated heterocycles. The number of nitrogens with zero attached hydrogens (tertiary/aromatic N) is 1. The molecule has 0 spiro atoms. The van der Waals surface area contributed by atoms with Crippen molar-refractivity contribution in [1.82, 2.24) is 37.2 Å². The van der Waals surface area contributed by atoms with Crippen molar-refractivity contribution in [1.29, 1.82) is 0 Å². The summed E-state index contributed by atoms with van der Waals surface area (Å²) in [6, 6.07) is 2.03. The van der Waals surface area contributed by atoms with Crippen molar-refractivity contribution in [3.63, 3.8) is 0 Å². The largest absolute Gasteiger partial charge is 0.480 e. The number of rotatable bonds is 27. The van der Waals surface area contributed by atoms with Crippen LogP contribution in [0.4, 0.5) is 0 Å². The smallest absolute Gasteiger partial charge is 0.326 e. The van der Waals surface area contributed by atoms with Gasteiger partial charge in [0, 0.05) is 18.1 Å². The van der Waals surface area contributed by atoms with Gasteiger partial charge >= 0.3 is 5.97 Å². The molecule has 57 heavy (non-hydrogen) atoms. The molecule has 0 unspecified atom stereocenters. The Morgan fingerprint density at radius 2 is 1.42 bits per heavy atom. The maximum atomic E-state index is 13.3. The van der Waals surface area contributed by atoms with Crippen LogP contribution >= 0.6 is 11.6 Å². The molecular formula is C37H62ClN11O8. The van der Waals surface area contributed by atoms with Crippen LogP contribution in [0.2, 0.25) is 5.02 Å². The number of nitrogens with one attached hydrogen (secondary N) is 7. The van der Waals surface area contributed by atoms with E-state index in [1.165, 1.54) is 6.92 Å². The van der Waals surface area contributed by atoms with Crippen LogP contribution in [-0.4, -0.2) is 109 Å². The summed E-state index contributed by atoms with van der Waals surface area (Å²) in [7, 11) is 0. The summed E-state index contributed by atoms with van der Waals surface area (Å²) in [5.41, 5.74) is 17.5. The van der Waals surface area contributed by atoms with E-state index in [1.807, 2.05) is 32.0 Å². The summed E-state index contributed by atoms with van der Waals surface area (Å²) < 4.78 is 0. The van der Waals surface area contributed by atoms with Gasteiger partial charge in [0.1, 0.15) is 24.2 Å². The number of halogens is 1. The zero-order valence-electron chi connectivity index (χ0n) is 33.5. The fraction of sp³-hybridized carbons (Fsp3) is 0.622. The van der Waals surface area contributed by atoms with E-state index in [9.17, 15) is 38.7 Å². The molecule has 1 aromatic carbocycles. The lowest BCUT2D eigenvalue weighted by atomic mass is 9.99. The van der Waals surface area contributed by atoms with E-state index < -0.39 is 90.6 Å². The number of carboxylic acid groups (broad SMARTS) is 1. The van der Waals surface area contributed by atoms with Crippen molar-refractivity contribution in [3.8, 4) is 0 Å². The maximum Gasteiger partial charge on any atom is 0.326 e. The van der Waals surface area contributed by atoms with Crippen molar-refractivity contribution in [2.45, 2.75) is 110 Å². The minimum Gasteiger partial charge on any atom is -0.480 e. The number of carbonyl (C=O) groups excluding carboxylic acids is 6. The fourth-order valence-electron chi connectivity index (χ4n) is 5.27. The molecule has 1 rings (SSSR count). The normalized spacial score (nSPS) is 14.1. The summed E-state index contributed by atoms with van der Waals surface area (Å²) in [5.74, 6) is -5.96. The molecule has 0 aliphatic carbocycles. The number of hydrogen-bond donors (Lipinski definition) is 11. The number of amides is 6. The van der Waals surface area contributed by atoms with Gasteiger partial charge in [0.15, 0.2) is 5.96 Å². The van der Waals surface area contributed by atoms with E-state index in [-0.39, 0.29) is 37.7 Å². The van der Waals surface area contributed by atoms with Gasteiger partial charge in [0.2, 0.25) is 35.4 Å². The highest BCUT2D eigenvalue weighted by molar-refractivity contribution is 6.30. The number of guanidine groups is 1. The Balaban J connectivity index is 2.82. The SMILES string of the molecule is CC[C@H](C)[C@H](N)C(=O)NCC(=O)N[C@@H](CCCCNCc1cccc(Cl)c1)C(=O)NCC(=O)N[C@H](C(=O)N[C@@H](C)C(=O)N[C@@H](CCCN=C(N)N)C(=O)O)C(C)C. The van der Waals surface area contributed by atoms with E-state index in [4.69, 9.17) is 28.8 Å². The van der Waals surface area contributed by atoms with E-state index in [1.54, 1.807) is 19.9 Å². The number of nitrogens with two attached hydrogens (primary N) is 3. The average Bonchev–Trinajstić information content (AvgIpc) is 3.15. The van der Waals surface area contributed by atoms with Gasteiger partial charge in [-0.2, -0.15) is 0 Å². The predicted octanol–water partition coefficient (Wildman–Crippen LogP) is -1.04. The molecule has 6 amide bonds. The van der Waals surface area contributed by atoms with Crippen LogP contribution in [0.15, 0.2) is 29.3 Å². The molecule has 0 bridgehead atoms. The minimum absolute atomic E-state index is 0.0329. The molecule has 6 atom stereocenters. The highest BCUT2D eigenvalue weighted by Crippen LogP contribution is 2.11. The van der Waals surface area contributed by atoms with Crippen molar-refractivity contribution in [2.24, 2.45) is 34.0 Å². The third-order valence-corrected chi connectivity index (χ3v) is 9.18. The first-order valence-electron chi connectivity index (χ1n) is 19.1. The summed E-state index contributed by atoms with van der Waals surface area (Å²) in [4.78, 5) is 92.8. The lowest BCUT2D eigenvalue weighted by Crippen LogP contribution is -2.57. The Bertz CT molecular complexity index is 1530. The fourth-order valence-corrected chi connectivity index (χ4v) is 5.48. The molecule has 0 saturated carbocycles. The number of unbranched alkanes of at least 4 members (excludes halogenated alkanes) is 1. The van der Waals surface area contributed by atoms with Crippen molar-refractivity contribution >= 4 is 59.0 Å². The second kappa shape index (κ2) is 26.8. The lowest BCUT2D eigenvalue weighted by Gasteiger charge is -2.25. The predicted molar refractivity (Wildman–Crippen MR) is 216 cm³/mol. The number of aliphatic imine (C=N–C) groups is 1. The number of carboxylic acids is 1. The highest BCUT2D eigenvalue weighted by atomic mass is 35.5. The first-order chi connectivity index (χ1) is 26.9. The molecule has 0 aliphatic heterocycles. The Labute approximate surface area is 339 Å². The van der Waals surface area contributed by atoms with Crippen LogP contribution in [0.1, 0.15) is 78.7 Å². The molecule has 1 aromatic rings. The van der Waals surface area contributed by atoms with Crippen LogP contribution in [0.25, 0.3) is 0 Å². The second-order valence-corrected chi connectivity index (χ2v) is 14.6. The highest BCUT2D eigenvalue weighted by Gasteiger charge is 2.29. The van der Waals surface area contributed by atoms with Crippen molar-refractivity contribution in [2.75, 3.05) is 26.2 Å². The number of aliphatic carboxylic acids is 1. The zero-order chi connectivity index (χ0) is 43.1. The molecule has 320 valence electrons. The molecule has 0 aromatic heterocycles. The minimum atomic E-state index is -1.28. The Kier molecular flexibility index (Phi) is 23.5. The molecule has 14 N–H and O–H groups in total. The molecule has 0 aliphatic rings. The molecule has 0 heterocycles. The average molecular weight is 824 g/mol. The number of benzene rings is 1. The molecular weight excluding hydrogens is 762 g/mol. The van der Waals surface area contributed by atoms with Gasteiger partial charge in [-0.3, -0.25) is 33.8 Å². The zero-order valence-corrected chi connectivity index (χ0v) is 34.2. The van der Waals surface area contributed by atoms with Gasteiger partial charge in [0.05, 0.1) is 19.1 Å². The molecule has 19 nitrogen and oxygen atoms in total. The summed E-state index contributed by atoms with van der Waals surface area (Å²) in [6.45, 7) is 8.81. The van der Waals surface area contributed by atoms with Gasteiger partial charge in [-0.25, -0.2) is 4.79 Å². The van der Waals surface area contributed by atoms with Crippen molar-refractivity contribution < 1.29 is 38.7 Å². The standard InChI is InChI=1S/C37H62ClN11O8/c1-6-22(4)30(39)34(54)45-19-28(50)47-26(13-7-8-15-42-18-24-11-9-12-25(38)17-24)33(53)44-20-29(51)49-31(21(2)3)35(55)46-23(5)32(52)48-27(36(56)57)14-10-16-43-37(40)41/h9,11-12,17,21-23,26-27,30-31,42H,6-8,10,13-16,18-20,39H2,1-5H3,(H,44,53)(H,45,54)(H,46,55)(H,47,50)(H,48,52)(H,49,51)(H,56,57)(H4,40,41,43)/t22-,23-,26-,27-,30-,31-/m0/s1. The summed E-state index contributed by atoms with van der Waals surface area (Å²) in [6.07, 6.45) is 2.36. The van der Waals surface area contributed by atoms with Crippen LogP contribution in [0, 0.1) is 11.8 Å². The first kappa shape index (κ1) is 50.0. The van der Waals surface area contributed by atoms with Crippen LogP contribution in [0.5, 0.6) is 0 Å². The van der Waals surface area contributed by atoms with Gasteiger partial charge in [0.25, 0.3) is 0 Å². The first-order valence-corrected chi connectivity index (χ1v) is 19.5. The van der Waals surface area contributed by atoms with Crippen LogP contribution < -0.4 is 54.4 Å². The molecule has 0 fully saturated rings. The van der Waals surface area contributed by atoms with Crippen LogP contribution in [0.3, 0.4) is 0 Å². The monoisotopic (exact) mass is 823 g/mol. The number of carbonyl (C=O) groups is 7. The maximum absolute atomic E-state index is 13.3. The topological polar surface area (TPSA) is 314 Å². The summed E-state index contributed by atoms with van der Waals surface area (Å²) in [5, 5.41) is 28.5. The van der Waals surface area contributed by atoms with Gasteiger partial charge in [-0.15, -0.1) is 0 Å². The summed E-state index contributed by atoms with van der Waals surface area (Å²) >= 11 is 6.05. The third kappa shape index (κ3) is 20.6. The molecule has 0 radical (unpaired) electrons. The van der Waals surface area contributed by atoms with Gasteiger partial charge in [-0.05, 0) is 75.1 Å². The second-order valence-electron chi connectivity index (χ2n) is 14.1. The van der Waals surface area contributed by atoms with E-state index in [0.29, 0.717) is 37.4 Å².